The fraction of sp³-hybridized carbons (Fsp3) is 0.778. The van der Waals surface area contributed by atoms with Gasteiger partial charge in [0.05, 0.1) is 0 Å². The van der Waals surface area contributed by atoms with Gasteiger partial charge in [0.2, 0.25) is 0 Å². The second-order valence-electron chi connectivity index (χ2n) is 3.40. The molecule has 1 rings (SSSR count). The average molecular weight is 139 g/mol. The normalized spacial score (nSPS) is 22.9. The molecule has 0 amide bonds. The Bertz CT molecular complexity index is 112. The third-order valence-electron chi connectivity index (χ3n) is 2.67. The van der Waals surface area contributed by atoms with Crippen molar-refractivity contribution < 1.29 is 0 Å². The lowest BCUT2D eigenvalue weighted by Gasteiger charge is -2.24. The molecule has 1 fully saturated rings. The average Bonchev–Trinajstić information content (AvgIpc) is 2.39. The first-order valence-electron chi connectivity index (χ1n) is 4.14. The minimum atomic E-state index is 0.446. The van der Waals surface area contributed by atoms with E-state index in [0.29, 0.717) is 5.41 Å². The summed E-state index contributed by atoms with van der Waals surface area (Å²) in [4.78, 5) is 0. The lowest BCUT2D eigenvalue weighted by molar-refractivity contribution is 0.313. The quantitative estimate of drug-likeness (QED) is 0.595. The van der Waals surface area contributed by atoms with Crippen LogP contribution in [-0.2, 0) is 0 Å². The van der Waals surface area contributed by atoms with Crippen molar-refractivity contribution in [3.63, 3.8) is 0 Å². The molecule has 0 radical (unpaired) electrons. The number of nitrogens with two attached hydrogens (primary N) is 1. The third kappa shape index (κ3) is 1.40. The Hall–Kier alpha value is -0.300. The zero-order chi connectivity index (χ0) is 7.45. The fourth-order valence-electron chi connectivity index (χ4n) is 1.92. The second-order valence-corrected chi connectivity index (χ2v) is 3.40. The van der Waals surface area contributed by atoms with Crippen molar-refractivity contribution in [2.24, 2.45) is 11.1 Å². The molecule has 2 N–H and O–H groups in total. The molecule has 0 bridgehead atoms. The standard InChI is InChI=1S/C9H17N/c1-2-5-9(8-10)6-3-4-7-9/h2H,1,3-8,10H2. The summed E-state index contributed by atoms with van der Waals surface area (Å²) in [5.41, 5.74) is 6.15. The summed E-state index contributed by atoms with van der Waals surface area (Å²) < 4.78 is 0. The van der Waals surface area contributed by atoms with E-state index in [9.17, 15) is 0 Å². The van der Waals surface area contributed by atoms with Crippen molar-refractivity contribution in [2.75, 3.05) is 6.54 Å². The van der Waals surface area contributed by atoms with Crippen LogP contribution in [-0.4, -0.2) is 6.54 Å². The van der Waals surface area contributed by atoms with E-state index in [-0.39, 0.29) is 0 Å². The van der Waals surface area contributed by atoms with Gasteiger partial charge in [-0.3, -0.25) is 0 Å². The van der Waals surface area contributed by atoms with Gasteiger partial charge in [-0.15, -0.1) is 6.58 Å². The Balaban J connectivity index is 2.48. The van der Waals surface area contributed by atoms with Gasteiger partial charge in [-0.1, -0.05) is 18.9 Å². The summed E-state index contributed by atoms with van der Waals surface area (Å²) >= 11 is 0. The zero-order valence-electron chi connectivity index (χ0n) is 6.60. The van der Waals surface area contributed by atoms with Gasteiger partial charge in [0.1, 0.15) is 0 Å². The number of rotatable bonds is 3. The van der Waals surface area contributed by atoms with Crippen LogP contribution >= 0.6 is 0 Å². The molecule has 0 atom stereocenters. The summed E-state index contributed by atoms with van der Waals surface area (Å²) in [5, 5.41) is 0. The van der Waals surface area contributed by atoms with Crippen molar-refractivity contribution in [3.8, 4) is 0 Å². The molecule has 0 heterocycles. The molecule has 0 aromatic rings. The second kappa shape index (κ2) is 3.20. The SMILES string of the molecule is C=CCC1(CN)CCCC1. The summed E-state index contributed by atoms with van der Waals surface area (Å²) in [6.07, 6.45) is 8.49. The van der Waals surface area contributed by atoms with Crippen LogP contribution in [0.3, 0.4) is 0 Å². The van der Waals surface area contributed by atoms with Crippen LogP contribution in [0.4, 0.5) is 0 Å². The first-order valence-corrected chi connectivity index (χ1v) is 4.14. The Morgan fingerprint density at radius 1 is 1.40 bits per heavy atom. The first kappa shape index (κ1) is 7.80. The monoisotopic (exact) mass is 139 g/mol. The summed E-state index contributed by atoms with van der Waals surface area (Å²) in [6, 6.07) is 0. The number of allylic oxidation sites excluding steroid dienone is 1. The molecule has 0 unspecified atom stereocenters. The predicted molar refractivity (Wildman–Crippen MR) is 44.8 cm³/mol. The van der Waals surface area contributed by atoms with E-state index < -0.39 is 0 Å². The van der Waals surface area contributed by atoms with Gasteiger partial charge >= 0.3 is 0 Å². The molecule has 1 heteroatoms. The van der Waals surface area contributed by atoms with E-state index in [0.717, 1.165) is 13.0 Å². The molecular weight excluding hydrogens is 122 g/mol. The van der Waals surface area contributed by atoms with E-state index in [2.05, 4.69) is 6.58 Å². The molecule has 58 valence electrons. The highest BCUT2D eigenvalue weighted by atomic mass is 14.6. The van der Waals surface area contributed by atoms with Crippen molar-refractivity contribution in [3.05, 3.63) is 12.7 Å². The first-order chi connectivity index (χ1) is 4.83. The van der Waals surface area contributed by atoms with Gasteiger partial charge in [-0.05, 0) is 31.2 Å². The Morgan fingerprint density at radius 3 is 2.40 bits per heavy atom. The fourth-order valence-corrected chi connectivity index (χ4v) is 1.92. The van der Waals surface area contributed by atoms with E-state index in [1.807, 2.05) is 6.08 Å². The Labute approximate surface area is 63.3 Å². The maximum absolute atomic E-state index is 5.71. The highest BCUT2D eigenvalue weighted by Crippen LogP contribution is 2.40. The van der Waals surface area contributed by atoms with Crippen molar-refractivity contribution in [2.45, 2.75) is 32.1 Å². The van der Waals surface area contributed by atoms with E-state index in [4.69, 9.17) is 5.73 Å². The van der Waals surface area contributed by atoms with E-state index in [1.165, 1.54) is 25.7 Å². The number of hydrogen-bond acceptors (Lipinski definition) is 1. The Morgan fingerprint density at radius 2 is 2.00 bits per heavy atom. The van der Waals surface area contributed by atoms with Crippen molar-refractivity contribution in [1.82, 2.24) is 0 Å². The van der Waals surface area contributed by atoms with Gasteiger partial charge in [0, 0.05) is 0 Å². The summed E-state index contributed by atoms with van der Waals surface area (Å²) in [6.45, 7) is 4.61. The molecular formula is C9H17N. The number of hydrogen-bond donors (Lipinski definition) is 1. The van der Waals surface area contributed by atoms with Crippen molar-refractivity contribution >= 4 is 0 Å². The molecule has 0 aliphatic heterocycles. The van der Waals surface area contributed by atoms with Crippen LogP contribution in [0.1, 0.15) is 32.1 Å². The van der Waals surface area contributed by atoms with Gasteiger partial charge in [0.25, 0.3) is 0 Å². The predicted octanol–water partition coefficient (Wildman–Crippen LogP) is 2.08. The summed E-state index contributed by atoms with van der Waals surface area (Å²) in [7, 11) is 0. The van der Waals surface area contributed by atoms with Crippen LogP contribution in [0, 0.1) is 5.41 Å². The Kier molecular flexibility index (Phi) is 2.50. The molecule has 1 saturated carbocycles. The highest BCUT2D eigenvalue weighted by molar-refractivity contribution is 4.90. The molecule has 1 aliphatic carbocycles. The summed E-state index contributed by atoms with van der Waals surface area (Å²) in [5.74, 6) is 0. The molecule has 10 heavy (non-hydrogen) atoms. The van der Waals surface area contributed by atoms with Gasteiger partial charge in [-0.2, -0.15) is 0 Å². The highest BCUT2D eigenvalue weighted by Gasteiger charge is 2.30. The molecule has 0 aromatic carbocycles. The van der Waals surface area contributed by atoms with Crippen LogP contribution in [0.5, 0.6) is 0 Å². The van der Waals surface area contributed by atoms with Crippen LogP contribution in [0.15, 0.2) is 12.7 Å². The topological polar surface area (TPSA) is 26.0 Å². The molecule has 0 spiro atoms. The minimum Gasteiger partial charge on any atom is -0.330 e. The van der Waals surface area contributed by atoms with Crippen LogP contribution < -0.4 is 5.73 Å². The van der Waals surface area contributed by atoms with Crippen LogP contribution in [0.2, 0.25) is 0 Å². The van der Waals surface area contributed by atoms with Crippen molar-refractivity contribution in [1.29, 1.82) is 0 Å². The molecule has 0 aromatic heterocycles. The minimum absolute atomic E-state index is 0.446. The molecule has 0 saturated heterocycles. The smallest absolute Gasteiger partial charge is 0.00176 e. The third-order valence-corrected chi connectivity index (χ3v) is 2.67. The van der Waals surface area contributed by atoms with Gasteiger partial charge < -0.3 is 5.73 Å². The zero-order valence-corrected chi connectivity index (χ0v) is 6.60. The van der Waals surface area contributed by atoms with Gasteiger partial charge in [-0.25, -0.2) is 0 Å². The maximum Gasteiger partial charge on any atom is -0.00176 e. The largest absolute Gasteiger partial charge is 0.330 e. The van der Waals surface area contributed by atoms with Crippen LogP contribution in [0.25, 0.3) is 0 Å². The molecule has 1 nitrogen and oxygen atoms in total. The maximum atomic E-state index is 5.71. The van der Waals surface area contributed by atoms with E-state index >= 15 is 0 Å². The molecule has 1 aliphatic rings. The lowest BCUT2D eigenvalue weighted by Crippen LogP contribution is -2.26. The van der Waals surface area contributed by atoms with Gasteiger partial charge in [0.15, 0.2) is 0 Å². The van der Waals surface area contributed by atoms with E-state index in [1.54, 1.807) is 0 Å². The lowest BCUT2D eigenvalue weighted by atomic mass is 9.83.